The Morgan fingerprint density at radius 3 is 2.75 bits per heavy atom. The molecule has 24 heavy (non-hydrogen) atoms. The summed E-state index contributed by atoms with van der Waals surface area (Å²) in [6.07, 6.45) is 4.60. The average Bonchev–Trinajstić information content (AvgIpc) is 3.20. The molecular formula is C18H29N3O3. The predicted molar refractivity (Wildman–Crippen MR) is 91.4 cm³/mol. The first-order valence-corrected chi connectivity index (χ1v) is 9.01. The first kappa shape index (κ1) is 17.5. The minimum atomic E-state index is -0.187. The summed E-state index contributed by atoms with van der Waals surface area (Å²) in [6.45, 7) is 5.40. The van der Waals surface area contributed by atoms with E-state index in [0.29, 0.717) is 12.5 Å². The Hall–Kier alpha value is -1.37. The van der Waals surface area contributed by atoms with E-state index in [0.717, 1.165) is 64.3 Å². The summed E-state index contributed by atoms with van der Waals surface area (Å²) in [4.78, 5) is 18.8. The number of hydrogen-bond acceptors (Lipinski definition) is 5. The van der Waals surface area contributed by atoms with E-state index in [2.05, 4.69) is 9.80 Å². The topological polar surface area (TPSA) is 60.2 Å². The van der Waals surface area contributed by atoms with Gasteiger partial charge in [-0.05, 0) is 37.9 Å². The van der Waals surface area contributed by atoms with E-state index in [1.54, 1.807) is 6.26 Å². The maximum Gasteiger partial charge on any atom is 0.236 e. The number of hydrogen-bond donors (Lipinski definition) is 1. The molecule has 0 aromatic carbocycles. The van der Waals surface area contributed by atoms with Gasteiger partial charge in [-0.15, -0.1) is 0 Å². The van der Waals surface area contributed by atoms with Crippen LogP contribution in [0.5, 0.6) is 0 Å². The number of aliphatic hydroxyl groups is 1. The van der Waals surface area contributed by atoms with Crippen molar-refractivity contribution in [2.45, 2.75) is 31.9 Å². The second kappa shape index (κ2) is 8.14. The number of aliphatic hydroxyl groups excluding tert-OH is 1. The lowest BCUT2D eigenvalue weighted by molar-refractivity contribution is -0.134. The Labute approximate surface area is 144 Å². The third-order valence-electron chi connectivity index (χ3n) is 5.25. The Kier molecular flexibility index (Phi) is 5.92. The third kappa shape index (κ3) is 4.59. The van der Waals surface area contributed by atoms with E-state index in [-0.39, 0.29) is 12.0 Å². The SMILES string of the molecule is CN(CC(=O)N1CCN(Cc2ccco2)CC1)CC1CCCC1O. The van der Waals surface area contributed by atoms with Crippen molar-refractivity contribution in [3.8, 4) is 0 Å². The molecule has 1 aromatic rings. The van der Waals surface area contributed by atoms with E-state index >= 15 is 0 Å². The highest BCUT2D eigenvalue weighted by atomic mass is 16.3. The molecule has 6 nitrogen and oxygen atoms in total. The van der Waals surface area contributed by atoms with Gasteiger partial charge in [-0.3, -0.25) is 14.6 Å². The van der Waals surface area contributed by atoms with Crippen LogP contribution < -0.4 is 0 Å². The number of piperazine rings is 1. The average molecular weight is 335 g/mol. The summed E-state index contributed by atoms with van der Waals surface area (Å²) in [6, 6.07) is 3.90. The zero-order chi connectivity index (χ0) is 16.9. The molecule has 0 bridgehead atoms. The summed E-state index contributed by atoms with van der Waals surface area (Å²) in [5, 5.41) is 9.92. The van der Waals surface area contributed by atoms with E-state index in [1.165, 1.54) is 0 Å². The molecule has 0 radical (unpaired) electrons. The van der Waals surface area contributed by atoms with Crippen LogP contribution in [0.15, 0.2) is 22.8 Å². The molecule has 1 saturated carbocycles. The fraction of sp³-hybridized carbons (Fsp3) is 0.722. The molecule has 2 atom stereocenters. The van der Waals surface area contributed by atoms with Gasteiger partial charge in [-0.25, -0.2) is 0 Å². The second-order valence-corrected chi connectivity index (χ2v) is 7.19. The lowest BCUT2D eigenvalue weighted by atomic mass is 10.1. The predicted octanol–water partition coefficient (Wildman–Crippen LogP) is 1.02. The van der Waals surface area contributed by atoms with Crippen molar-refractivity contribution >= 4 is 5.91 Å². The number of carbonyl (C=O) groups excluding carboxylic acids is 1. The summed E-state index contributed by atoms with van der Waals surface area (Å²) in [5.41, 5.74) is 0. The number of nitrogens with zero attached hydrogens (tertiary/aromatic N) is 3. The van der Waals surface area contributed by atoms with Gasteiger partial charge in [0.15, 0.2) is 0 Å². The van der Waals surface area contributed by atoms with Gasteiger partial charge in [0.1, 0.15) is 5.76 Å². The second-order valence-electron chi connectivity index (χ2n) is 7.19. The van der Waals surface area contributed by atoms with Gasteiger partial charge < -0.3 is 14.4 Å². The third-order valence-corrected chi connectivity index (χ3v) is 5.25. The van der Waals surface area contributed by atoms with Crippen molar-refractivity contribution < 1.29 is 14.3 Å². The smallest absolute Gasteiger partial charge is 0.236 e. The molecule has 1 amide bonds. The van der Waals surface area contributed by atoms with E-state index in [1.807, 2.05) is 24.1 Å². The van der Waals surface area contributed by atoms with Crippen molar-refractivity contribution in [1.29, 1.82) is 0 Å². The number of carbonyl (C=O) groups is 1. The van der Waals surface area contributed by atoms with Gasteiger partial charge in [-0.1, -0.05) is 6.42 Å². The van der Waals surface area contributed by atoms with Crippen molar-refractivity contribution in [2.24, 2.45) is 5.92 Å². The monoisotopic (exact) mass is 335 g/mol. The fourth-order valence-corrected chi connectivity index (χ4v) is 3.80. The molecule has 1 saturated heterocycles. The molecule has 0 spiro atoms. The summed E-state index contributed by atoms with van der Waals surface area (Å²) in [7, 11) is 1.98. The largest absolute Gasteiger partial charge is 0.468 e. The molecule has 2 aliphatic rings. The molecule has 1 aromatic heterocycles. The van der Waals surface area contributed by atoms with E-state index in [9.17, 15) is 9.90 Å². The van der Waals surface area contributed by atoms with Crippen molar-refractivity contribution in [3.05, 3.63) is 24.2 Å². The normalized spacial score (nSPS) is 25.5. The van der Waals surface area contributed by atoms with Crippen LogP contribution in [0.25, 0.3) is 0 Å². The molecular weight excluding hydrogens is 306 g/mol. The highest BCUT2D eigenvalue weighted by Crippen LogP contribution is 2.25. The minimum Gasteiger partial charge on any atom is -0.468 e. The van der Waals surface area contributed by atoms with Crippen LogP contribution in [0.2, 0.25) is 0 Å². The van der Waals surface area contributed by atoms with Crippen LogP contribution in [0.1, 0.15) is 25.0 Å². The van der Waals surface area contributed by atoms with Crippen LogP contribution in [-0.2, 0) is 11.3 Å². The first-order chi connectivity index (χ1) is 11.6. The van der Waals surface area contributed by atoms with Crippen LogP contribution in [0.3, 0.4) is 0 Å². The van der Waals surface area contributed by atoms with Crippen LogP contribution in [-0.4, -0.2) is 78.1 Å². The number of rotatable bonds is 6. The summed E-state index contributed by atoms with van der Waals surface area (Å²) in [5.74, 6) is 1.50. The molecule has 6 heteroatoms. The maximum absolute atomic E-state index is 12.5. The first-order valence-electron chi connectivity index (χ1n) is 9.01. The number of furan rings is 1. The molecule has 3 rings (SSSR count). The molecule has 1 N–H and O–H groups in total. The molecule has 2 unspecified atom stereocenters. The molecule has 134 valence electrons. The standard InChI is InChI=1S/C18H29N3O3/c1-19(12-15-4-2-6-17(15)22)14-18(23)21-9-7-20(8-10-21)13-16-5-3-11-24-16/h3,5,11,15,17,22H,2,4,6-10,12-14H2,1H3. The van der Waals surface area contributed by atoms with Crippen LogP contribution >= 0.6 is 0 Å². The summed E-state index contributed by atoms with van der Waals surface area (Å²) < 4.78 is 5.39. The molecule has 2 fully saturated rings. The van der Waals surface area contributed by atoms with Gasteiger partial charge in [0.25, 0.3) is 0 Å². The van der Waals surface area contributed by atoms with Gasteiger partial charge in [-0.2, -0.15) is 0 Å². The highest BCUT2D eigenvalue weighted by molar-refractivity contribution is 5.78. The zero-order valence-electron chi connectivity index (χ0n) is 14.6. The number of amides is 1. The highest BCUT2D eigenvalue weighted by Gasteiger charge is 2.28. The summed E-state index contributed by atoms with van der Waals surface area (Å²) >= 11 is 0. The molecule has 1 aliphatic carbocycles. The Morgan fingerprint density at radius 2 is 2.12 bits per heavy atom. The van der Waals surface area contributed by atoms with Gasteiger partial charge in [0.2, 0.25) is 5.91 Å². The van der Waals surface area contributed by atoms with Crippen molar-refractivity contribution in [3.63, 3.8) is 0 Å². The van der Waals surface area contributed by atoms with Gasteiger partial charge in [0, 0.05) is 32.7 Å². The Balaban J connectivity index is 1.38. The van der Waals surface area contributed by atoms with Crippen molar-refractivity contribution in [2.75, 3.05) is 46.3 Å². The van der Waals surface area contributed by atoms with E-state index in [4.69, 9.17) is 4.42 Å². The molecule has 1 aliphatic heterocycles. The number of likely N-dealkylation sites (N-methyl/N-ethyl adjacent to an activating group) is 1. The maximum atomic E-state index is 12.5. The molecule has 2 heterocycles. The lowest BCUT2D eigenvalue weighted by Crippen LogP contribution is -2.50. The van der Waals surface area contributed by atoms with Crippen LogP contribution in [0.4, 0.5) is 0 Å². The van der Waals surface area contributed by atoms with Gasteiger partial charge in [0.05, 0.1) is 25.5 Å². The van der Waals surface area contributed by atoms with E-state index < -0.39 is 0 Å². The van der Waals surface area contributed by atoms with Gasteiger partial charge >= 0.3 is 0 Å². The van der Waals surface area contributed by atoms with Crippen LogP contribution in [0, 0.1) is 5.92 Å². The Bertz CT molecular complexity index is 512. The fourth-order valence-electron chi connectivity index (χ4n) is 3.80. The van der Waals surface area contributed by atoms with Crippen molar-refractivity contribution in [1.82, 2.24) is 14.7 Å². The zero-order valence-corrected chi connectivity index (χ0v) is 14.6. The Morgan fingerprint density at radius 1 is 1.33 bits per heavy atom. The lowest BCUT2D eigenvalue weighted by Gasteiger charge is -2.35. The minimum absolute atomic E-state index is 0.187. The quantitative estimate of drug-likeness (QED) is 0.841.